The van der Waals surface area contributed by atoms with Gasteiger partial charge in [0.25, 0.3) is 0 Å². The molecule has 0 aliphatic carbocycles. The van der Waals surface area contributed by atoms with Crippen LogP contribution in [0.2, 0.25) is 0 Å². The number of carbonyl (C=O) groups is 2. The van der Waals surface area contributed by atoms with Crippen LogP contribution in [0.5, 0.6) is 0 Å². The third-order valence-corrected chi connectivity index (χ3v) is 3.15. The first-order chi connectivity index (χ1) is 9.11. The SMILES string of the molecule is CCOC(=O)Cn1cc([C@@H]2CCCN2C(C)=O)nn1. The van der Waals surface area contributed by atoms with E-state index in [4.69, 9.17) is 4.74 Å². The normalized spacial score (nSPS) is 18.6. The Bertz CT molecular complexity index is 471. The number of aromatic nitrogens is 3. The highest BCUT2D eigenvalue weighted by molar-refractivity contribution is 5.74. The molecule has 1 amide bonds. The molecule has 19 heavy (non-hydrogen) atoms. The fraction of sp³-hybridized carbons (Fsp3) is 0.667. The largest absolute Gasteiger partial charge is 0.465 e. The smallest absolute Gasteiger partial charge is 0.327 e. The molecular formula is C12H18N4O3. The minimum absolute atomic E-state index is 0.0200. The van der Waals surface area contributed by atoms with Crippen molar-refractivity contribution >= 4 is 11.9 Å². The molecule has 7 heteroatoms. The summed E-state index contributed by atoms with van der Waals surface area (Å²) >= 11 is 0. The Hall–Kier alpha value is -1.92. The highest BCUT2D eigenvalue weighted by Gasteiger charge is 2.30. The summed E-state index contributed by atoms with van der Waals surface area (Å²) in [6.45, 7) is 4.47. The number of rotatable bonds is 4. The van der Waals surface area contributed by atoms with E-state index in [1.165, 1.54) is 4.68 Å². The van der Waals surface area contributed by atoms with Crippen molar-refractivity contribution in [1.29, 1.82) is 0 Å². The molecule has 1 aromatic heterocycles. The van der Waals surface area contributed by atoms with E-state index in [1.807, 2.05) is 0 Å². The summed E-state index contributed by atoms with van der Waals surface area (Å²) in [5.41, 5.74) is 0.733. The average Bonchev–Trinajstić information content (AvgIpc) is 2.96. The first kappa shape index (κ1) is 13.5. The van der Waals surface area contributed by atoms with Gasteiger partial charge in [-0.15, -0.1) is 5.10 Å². The van der Waals surface area contributed by atoms with Crippen molar-refractivity contribution in [2.24, 2.45) is 0 Å². The van der Waals surface area contributed by atoms with E-state index in [1.54, 1.807) is 24.9 Å². The number of ether oxygens (including phenoxy) is 1. The van der Waals surface area contributed by atoms with Crippen molar-refractivity contribution in [3.63, 3.8) is 0 Å². The van der Waals surface area contributed by atoms with Crippen molar-refractivity contribution in [2.45, 2.75) is 39.3 Å². The second kappa shape index (κ2) is 5.81. The topological polar surface area (TPSA) is 77.3 Å². The van der Waals surface area contributed by atoms with Gasteiger partial charge in [-0.3, -0.25) is 9.59 Å². The Morgan fingerprint density at radius 2 is 2.32 bits per heavy atom. The van der Waals surface area contributed by atoms with Crippen LogP contribution in [0.4, 0.5) is 0 Å². The van der Waals surface area contributed by atoms with Crippen LogP contribution in [0, 0.1) is 0 Å². The molecule has 0 spiro atoms. The molecule has 0 unspecified atom stereocenters. The van der Waals surface area contributed by atoms with Gasteiger partial charge in [0.15, 0.2) is 0 Å². The lowest BCUT2D eigenvalue weighted by Gasteiger charge is -2.20. The van der Waals surface area contributed by atoms with Gasteiger partial charge in [-0.2, -0.15) is 0 Å². The Labute approximate surface area is 111 Å². The van der Waals surface area contributed by atoms with Crippen molar-refractivity contribution in [3.8, 4) is 0 Å². The third-order valence-electron chi connectivity index (χ3n) is 3.15. The summed E-state index contributed by atoms with van der Waals surface area (Å²) in [7, 11) is 0. The zero-order chi connectivity index (χ0) is 13.8. The first-order valence-corrected chi connectivity index (χ1v) is 6.44. The molecule has 0 N–H and O–H groups in total. The fourth-order valence-electron chi connectivity index (χ4n) is 2.33. The van der Waals surface area contributed by atoms with E-state index in [0.29, 0.717) is 6.61 Å². The molecule has 0 saturated carbocycles. The monoisotopic (exact) mass is 266 g/mol. The maximum Gasteiger partial charge on any atom is 0.327 e. The standard InChI is InChI=1S/C12H18N4O3/c1-3-19-12(18)8-15-7-10(13-14-15)11-5-4-6-16(11)9(2)17/h7,11H,3-6,8H2,1-2H3/t11-/m0/s1. The first-order valence-electron chi connectivity index (χ1n) is 6.44. The minimum Gasteiger partial charge on any atom is -0.465 e. The summed E-state index contributed by atoms with van der Waals surface area (Å²) in [6, 6.07) is -0.0200. The number of esters is 1. The van der Waals surface area contributed by atoms with Crippen LogP contribution in [0.25, 0.3) is 0 Å². The fourth-order valence-corrected chi connectivity index (χ4v) is 2.33. The van der Waals surface area contributed by atoms with Crippen LogP contribution in [0.3, 0.4) is 0 Å². The van der Waals surface area contributed by atoms with Crippen LogP contribution >= 0.6 is 0 Å². The Morgan fingerprint density at radius 3 is 3.00 bits per heavy atom. The van der Waals surface area contributed by atoms with Gasteiger partial charge in [-0.05, 0) is 19.8 Å². The van der Waals surface area contributed by atoms with Crippen LogP contribution in [0.1, 0.15) is 38.4 Å². The maximum absolute atomic E-state index is 11.5. The number of likely N-dealkylation sites (tertiary alicyclic amines) is 1. The molecule has 1 aliphatic heterocycles. The van der Waals surface area contributed by atoms with Gasteiger partial charge in [0.1, 0.15) is 12.2 Å². The second-order valence-electron chi connectivity index (χ2n) is 4.52. The van der Waals surface area contributed by atoms with Gasteiger partial charge in [-0.25, -0.2) is 4.68 Å². The molecule has 0 radical (unpaired) electrons. The van der Waals surface area contributed by atoms with Crippen molar-refractivity contribution < 1.29 is 14.3 Å². The molecule has 2 rings (SSSR count). The van der Waals surface area contributed by atoms with Crippen LogP contribution in [0.15, 0.2) is 6.20 Å². The Morgan fingerprint density at radius 1 is 1.53 bits per heavy atom. The molecule has 2 heterocycles. The van der Waals surface area contributed by atoms with Crippen LogP contribution < -0.4 is 0 Å². The zero-order valence-electron chi connectivity index (χ0n) is 11.2. The van der Waals surface area contributed by atoms with Gasteiger partial charge in [-0.1, -0.05) is 5.21 Å². The van der Waals surface area contributed by atoms with Gasteiger partial charge in [0, 0.05) is 13.5 Å². The highest BCUT2D eigenvalue weighted by atomic mass is 16.5. The van der Waals surface area contributed by atoms with E-state index in [9.17, 15) is 9.59 Å². The second-order valence-corrected chi connectivity index (χ2v) is 4.52. The number of carbonyl (C=O) groups excluding carboxylic acids is 2. The summed E-state index contributed by atoms with van der Waals surface area (Å²) in [4.78, 5) is 24.6. The van der Waals surface area contributed by atoms with Gasteiger partial charge < -0.3 is 9.64 Å². The van der Waals surface area contributed by atoms with E-state index in [0.717, 1.165) is 25.1 Å². The highest BCUT2D eigenvalue weighted by Crippen LogP contribution is 2.30. The molecule has 1 aliphatic rings. The van der Waals surface area contributed by atoms with Crippen molar-refractivity contribution in [1.82, 2.24) is 19.9 Å². The summed E-state index contributed by atoms with van der Waals surface area (Å²) in [5.74, 6) is -0.295. The molecule has 1 aromatic rings. The van der Waals surface area contributed by atoms with Crippen molar-refractivity contribution in [3.05, 3.63) is 11.9 Å². The lowest BCUT2D eigenvalue weighted by molar-refractivity contribution is -0.144. The lowest BCUT2D eigenvalue weighted by Crippen LogP contribution is -2.28. The van der Waals surface area contributed by atoms with E-state index < -0.39 is 0 Å². The quantitative estimate of drug-likeness (QED) is 0.743. The van der Waals surface area contributed by atoms with E-state index >= 15 is 0 Å². The van der Waals surface area contributed by atoms with Crippen molar-refractivity contribution in [2.75, 3.05) is 13.2 Å². The van der Waals surface area contributed by atoms with Gasteiger partial charge in [0.05, 0.1) is 18.8 Å². The van der Waals surface area contributed by atoms with Crippen LogP contribution in [-0.4, -0.2) is 44.9 Å². The molecular weight excluding hydrogens is 248 g/mol. The van der Waals surface area contributed by atoms with E-state index in [-0.39, 0.29) is 24.5 Å². The molecule has 7 nitrogen and oxygen atoms in total. The summed E-state index contributed by atoms with van der Waals surface area (Å²) in [5, 5.41) is 7.96. The zero-order valence-corrected chi connectivity index (χ0v) is 11.2. The summed E-state index contributed by atoms with van der Waals surface area (Å²) in [6.07, 6.45) is 3.56. The summed E-state index contributed by atoms with van der Waals surface area (Å²) < 4.78 is 6.30. The minimum atomic E-state index is -0.339. The predicted octanol–water partition coefficient (Wildman–Crippen LogP) is 0.525. The number of hydrogen-bond donors (Lipinski definition) is 0. The van der Waals surface area contributed by atoms with E-state index in [2.05, 4.69) is 10.3 Å². The molecule has 1 saturated heterocycles. The molecule has 1 fully saturated rings. The lowest BCUT2D eigenvalue weighted by atomic mass is 10.1. The number of amides is 1. The maximum atomic E-state index is 11.5. The number of hydrogen-bond acceptors (Lipinski definition) is 5. The van der Waals surface area contributed by atoms with Gasteiger partial charge >= 0.3 is 5.97 Å². The van der Waals surface area contributed by atoms with Gasteiger partial charge in [0.2, 0.25) is 5.91 Å². The Balaban J connectivity index is 2.04. The molecule has 0 bridgehead atoms. The van der Waals surface area contributed by atoms with Crippen LogP contribution in [-0.2, 0) is 20.9 Å². The third kappa shape index (κ3) is 3.10. The predicted molar refractivity (Wildman–Crippen MR) is 66.0 cm³/mol. The number of nitrogens with zero attached hydrogens (tertiary/aromatic N) is 4. The Kier molecular flexibility index (Phi) is 4.13. The molecule has 104 valence electrons. The molecule has 0 aromatic carbocycles. The molecule has 1 atom stereocenters. The average molecular weight is 266 g/mol.